The third kappa shape index (κ3) is 4.10. The SMILES string of the molecule is CC(C)C(=O)Nc1ccc(Nc2cccc(Br)c2)cc1. The van der Waals surface area contributed by atoms with E-state index in [9.17, 15) is 4.79 Å². The van der Waals surface area contributed by atoms with Gasteiger partial charge in [-0.15, -0.1) is 0 Å². The molecule has 4 heteroatoms. The predicted molar refractivity (Wildman–Crippen MR) is 87.3 cm³/mol. The standard InChI is InChI=1S/C16H17BrN2O/c1-11(2)16(20)19-14-8-6-13(7-9-14)18-15-5-3-4-12(17)10-15/h3-11,18H,1-2H3,(H,19,20). The summed E-state index contributed by atoms with van der Waals surface area (Å²) in [5.74, 6) is 0.00664. The average molecular weight is 333 g/mol. The molecule has 0 saturated carbocycles. The van der Waals surface area contributed by atoms with E-state index in [1.54, 1.807) is 0 Å². The van der Waals surface area contributed by atoms with Gasteiger partial charge in [0.25, 0.3) is 0 Å². The van der Waals surface area contributed by atoms with Gasteiger partial charge >= 0.3 is 0 Å². The summed E-state index contributed by atoms with van der Waals surface area (Å²) >= 11 is 3.44. The van der Waals surface area contributed by atoms with Crippen molar-refractivity contribution < 1.29 is 4.79 Å². The highest BCUT2D eigenvalue weighted by Gasteiger charge is 2.06. The number of anilines is 3. The number of benzene rings is 2. The zero-order valence-electron chi connectivity index (χ0n) is 11.5. The molecule has 0 spiro atoms. The molecule has 0 bridgehead atoms. The Labute approximate surface area is 127 Å². The Hall–Kier alpha value is -1.81. The van der Waals surface area contributed by atoms with Crippen molar-refractivity contribution >= 4 is 38.9 Å². The van der Waals surface area contributed by atoms with Crippen molar-refractivity contribution in [2.75, 3.05) is 10.6 Å². The van der Waals surface area contributed by atoms with Crippen molar-refractivity contribution in [3.8, 4) is 0 Å². The summed E-state index contributed by atoms with van der Waals surface area (Å²) in [5.41, 5.74) is 2.80. The minimum absolute atomic E-state index is 0.0190. The third-order valence-electron chi connectivity index (χ3n) is 2.79. The number of hydrogen-bond donors (Lipinski definition) is 2. The number of carbonyl (C=O) groups excluding carboxylic acids is 1. The van der Waals surface area contributed by atoms with Crippen LogP contribution in [0.1, 0.15) is 13.8 Å². The quantitative estimate of drug-likeness (QED) is 0.845. The van der Waals surface area contributed by atoms with E-state index in [1.807, 2.05) is 62.4 Å². The van der Waals surface area contributed by atoms with Crippen molar-refractivity contribution in [2.24, 2.45) is 5.92 Å². The summed E-state index contributed by atoms with van der Waals surface area (Å²) in [7, 11) is 0. The lowest BCUT2D eigenvalue weighted by Gasteiger charge is -2.10. The van der Waals surface area contributed by atoms with Gasteiger partial charge < -0.3 is 10.6 Å². The zero-order chi connectivity index (χ0) is 14.5. The van der Waals surface area contributed by atoms with Crippen LogP contribution in [0.25, 0.3) is 0 Å². The normalized spacial score (nSPS) is 10.4. The molecular formula is C16H17BrN2O. The van der Waals surface area contributed by atoms with E-state index in [1.165, 1.54) is 0 Å². The maximum Gasteiger partial charge on any atom is 0.226 e. The van der Waals surface area contributed by atoms with Gasteiger partial charge in [0.2, 0.25) is 5.91 Å². The summed E-state index contributed by atoms with van der Waals surface area (Å²) in [5, 5.41) is 6.17. The predicted octanol–water partition coefficient (Wildman–Crippen LogP) is 4.79. The molecule has 1 amide bonds. The van der Waals surface area contributed by atoms with Gasteiger partial charge in [-0.3, -0.25) is 4.79 Å². The first-order valence-electron chi connectivity index (χ1n) is 6.48. The highest BCUT2D eigenvalue weighted by molar-refractivity contribution is 9.10. The van der Waals surface area contributed by atoms with Crippen LogP contribution >= 0.6 is 15.9 Å². The number of amides is 1. The van der Waals surface area contributed by atoms with E-state index >= 15 is 0 Å². The van der Waals surface area contributed by atoms with Crippen molar-refractivity contribution in [1.29, 1.82) is 0 Å². The molecule has 2 N–H and O–H groups in total. The summed E-state index contributed by atoms with van der Waals surface area (Å²) < 4.78 is 1.03. The molecule has 0 saturated heterocycles. The second-order valence-corrected chi connectivity index (χ2v) is 5.77. The van der Waals surface area contributed by atoms with Gasteiger partial charge in [0.05, 0.1) is 0 Å². The van der Waals surface area contributed by atoms with Gasteiger partial charge in [-0.05, 0) is 42.5 Å². The number of carbonyl (C=O) groups is 1. The summed E-state index contributed by atoms with van der Waals surface area (Å²) in [4.78, 5) is 11.6. The molecule has 2 rings (SSSR count). The van der Waals surface area contributed by atoms with Crippen LogP contribution in [-0.4, -0.2) is 5.91 Å². The fraction of sp³-hybridized carbons (Fsp3) is 0.188. The van der Waals surface area contributed by atoms with Gasteiger partial charge in [0, 0.05) is 27.5 Å². The van der Waals surface area contributed by atoms with E-state index < -0.39 is 0 Å². The summed E-state index contributed by atoms with van der Waals surface area (Å²) in [6.45, 7) is 3.75. The molecule has 2 aromatic carbocycles. The lowest BCUT2D eigenvalue weighted by atomic mass is 10.2. The van der Waals surface area contributed by atoms with Crippen molar-refractivity contribution in [1.82, 2.24) is 0 Å². The summed E-state index contributed by atoms with van der Waals surface area (Å²) in [6.07, 6.45) is 0. The van der Waals surface area contributed by atoms with Crippen LogP contribution in [0.2, 0.25) is 0 Å². The molecular weight excluding hydrogens is 316 g/mol. The van der Waals surface area contributed by atoms with E-state index in [0.29, 0.717) is 0 Å². The monoisotopic (exact) mass is 332 g/mol. The zero-order valence-corrected chi connectivity index (χ0v) is 13.1. The Morgan fingerprint density at radius 2 is 1.65 bits per heavy atom. The smallest absolute Gasteiger partial charge is 0.226 e. The van der Waals surface area contributed by atoms with Crippen LogP contribution in [0.4, 0.5) is 17.1 Å². The van der Waals surface area contributed by atoms with Gasteiger partial charge in [0.15, 0.2) is 0 Å². The lowest BCUT2D eigenvalue weighted by Crippen LogP contribution is -2.17. The van der Waals surface area contributed by atoms with Gasteiger partial charge in [0.1, 0.15) is 0 Å². The highest BCUT2D eigenvalue weighted by Crippen LogP contribution is 2.21. The van der Waals surface area contributed by atoms with Crippen LogP contribution in [-0.2, 0) is 4.79 Å². The van der Waals surface area contributed by atoms with Gasteiger partial charge in [-0.2, -0.15) is 0 Å². The molecule has 3 nitrogen and oxygen atoms in total. The Bertz CT molecular complexity index is 594. The van der Waals surface area contributed by atoms with E-state index in [0.717, 1.165) is 21.5 Å². The fourth-order valence-corrected chi connectivity index (χ4v) is 2.06. The third-order valence-corrected chi connectivity index (χ3v) is 3.28. The number of hydrogen-bond acceptors (Lipinski definition) is 2. The number of rotatable bonds is 4. The fourth-order valence-electron chi connectivity index (χ4n) is 1.66. The van der Waals surface area contributed by atoms with Crippen molar-refractivity contribution in [2.45, 2.75) is 13.8 Å². The number of halogens is 1. The molecule has 0 aromatic heterocycles. The molecule has 0 aliphatic heterocycles. The van der Waals surface area contributed by atoms with Crippen LogP contribution < -0.4 is 10.6 Å². The molecule has 2 aromatic rings. The first-order valence-corrected chi connectivity index (χ1v) is 7.27. The van der Waals surface area contributed by atoms with Crippen molar-refractivity contribution in [3.05, 3.63) is 53.0 Å². The maximum absolute atomic E-state index is 11.6. The molecule has 0 heterocycles. The van der Waals surface area contributed by atoms with Gasteiger partial charge in [-0.1, -0.05) is 35.8 Å². The molecule has 20 heavy (non-hydrogen) atoms. The second kappa shape index (κ2) is 6.57. The Kier molecular flexibility index (Phi) is 4.79. The maximum atomic E-state index is 11.6. The minimum atomic E-state index is -0.0190. The minimum Gasteiger partial charge on any atom is -0.355 e. The Morgan fingerprint density at radius 3 is 2.25 bits per heavy atom. The summed E-state index contributed by atoms with van der Waals surface area (Å²) in [6, 6.07) is 15.6. The Balaban J connectivity index is 2.03. The first kappa shape index (κ1) is 14.6. The van der Waals surface area contributed by atoms with Crippen LogP contribution in [0.5, 0.6) is 0 Å². The van der Waals surface area contributed by atoms with Crippen LogP contribution in [0, 0.1) is 5.92 Å². The van der Waals surface area contributed by atoms with E-state index in [2.05, 4.69) is 26.6 Å². The molecule has 0 radical (unpaired) electrons. The Morgan fingerprint density at radius 1 is 1.00 bits per heavy atom. The molecule has 0 fully saturated rings. The molecule has 0 unspecified atom stereocenters. The molecule has 0 aliphatic rings. The highest BCUT2D eigenvalue weighted by atomic mass is 79.9. The average Bonchev–Trinajstić information content (AvgIpc) is 2.41. The van der Waals surface area contributed by atoms with E-state index in [-0.39, 0.29) is 11.8 Å². The van der Waals surface area contributed by atoms with E-state index in [4.69, 9.17) is 0 Å². The lowest BCUT2D eigenvalue weighted by molar-refractivity contribution is -0.118. The second-order valence-electron chi connectivity index (χ2n) is 4.86. The van der Waals surface area contributed by atoms with Crippen LogP contribution in [0.3, 0.4) is 0 Å². The van der Waals surface area contributed by atoms with Crippen molar-refractivity contribution in [3.63, 3.8) is 0 Å². The largest absolute Gasteiger partial charge is 0.355 e. The molecule has 0 aliphatic carbocycles. The molecule has 104 valence electrons. The van der Waals surface area contributed by atoms with Crippen LogP contribution in [0.15, 0.2) is 53.0 Å². The molecule has 0 atom stereocenters. The first-order chi connectivity index (χ1) is 9.54. The number of nitrogens with one attached hydrogen (secondary N) is 2. The topological polar surface area (TPSA) is 41.1 Å². The van der Waals surface area contributed by atoms with Gasteiger partial charge in [-0.25, -0.2) is 0 Å².